The van der Waals surface area contributed by atoms with Crippen LogP contribution < -0.4 is 5.32 Å². The van der Waals surface area contributed by atoms with E-state index in [1.165, 1.54) is 11.3 Å². The van der Waals surface area contributed by atoms with Crippen LogP contribution in [-0.2, 0) is 20.4 Å². The van der Waals surface area contributed by atoms with Gasteiger partial charge in [-0.3, -0.25) is 4.79 Å². The molecule has 0 unspecified atom stereocenters. The molecule has 0 radical (unpaired) electrons. The Morgan fingerprint density at radius 3 is 2.76 bits per heavy atom. The molecule has 0 bridgehead atoms. The summed E-state index contributed by atoms with van der Waals surface area (Å²) >= 11 is 1.38. The van der Waals surface area contributed by atoms with Gasteiger partial charge in [0.25, 0.3) is 0 Å². The van der Waals surface area contributed by atoms with Gasteiger partial charge in [0.05, 0.1) is 5.75 Å². The molecule has 0 aliphatic carbocycles. The zero-order chi connectivity index (χ0) is 12.9. The van der Waals surface area contributed by atoms with E-state index in [0.29, 0.717) is 0 Å². The van der Waals surface area contributed by atoms with E-state index >= 15 is 0 Å². The Morgan fingerprint density at radius 1 is 1.53 bits per heavy atom. The monoisotopic (exact) mass is 275 g/mol. The summed E-state index contributed by atoms with van der Waals surface area (Å²) in [5, 5.41) is 4.47. The van der Waals surface area contributed by atoms with Gasteiger partial charge in [-0.25, -0.2) is 8.42 Å². The Hall–Kier alpha value is -0.880. The van der Waals surface area contributed by atoms with Crippen molar-refractivity contribution in [1.82, 2.24) is 5.32 Å². The van der Waals surface area contributed by atoms with Gasteiger partial charge in [-0.1, -0.05) is 13.0 Å². The van der Waals surface area contributed by atoms with Crippen LogP contribution in [0.15, 0.2) is 17.5 Å². The molecule has 0 saturated carbocycles. The molecule has 0 aliphatic rings. The Labute approximate surface area is 106 Å². The normalized spacial score (nSPS) is 13.3. The summed E-state index contributed by atoms with van der Waals surface area (Å²) in [6.07, 6.45) is 0.788. The highest BCUT2D eigenvalue weighted by molar-refractivity contribution is 7.91. The standard InChI is InChI=1S/C11H17NO3S2/c1-3-9(2)12-11(13)8-17(14,15)7-10-5-4-6-16-10/h4-6,9H,3,7-8H2,1-2H3,(H,12,13)/t9-/m1/s1. The van der Waals surface area contributed by atoms with Crippen molar-refractivity contribution in [3.8, 4) is 0 Å². The van der Waals surface area contributed by atoms with Gasteiger partial charge in [-0.2, -0.15) is 0 Å². The second-order valence-electron chi connectivity index (χ2n) is 3.99. The van der Waals surface area contributed by atoms with Gasteiger partial charge in [-0.15, -0.1) is 11.3 Å². The summed E-state index contributed by atoms with van der Waals surface area (Å²) in [7, 11) is -3.36. The van der Waals surface area contributed by atoms with Crippen LogP contribution in [0.5, 0.6) is 0 Å². The van der Waals surface area contributed by atoms with Crippen LogP contribution >= 0.6 is 11.3 Å². The molecule has 0 fully saturated rings. The van der Waals surface area contributed by atoms with Crippen molar-refractivity contribution in [2.45, 2.75) is 32.1 Å². The predicted molar refractivity (Wildman–Crippen MR) is 69.7 cm³/mol. The fourth-order valence-electron chi connectivity index (χ4n) is 1.28. The first kappa shape index (κ1) is 14.2. The highest BCUT2D eigenvalue weighted by Crippen LogP contribution is 2.13. The molecule has 1 heterocycles. The SMILES string of the molecule is CC[C@@H](C)NC(=O)CS(=O)(=O)Cc1cccs1. The highest BCUT2D eigenvalue weighted by Gasteiger charge is 2.18. The smallest absolute Gasteiger partial charge is 0.235 e. The molecule has 0 saturated heterocycles. The minimum absolute atomic E-state index is 0.0134. The first-order valence-corrected chi connectivity index (χ1v) is 8.15. The Kier molecular flexibility index (Phi) is 5.14. The van der Waals surface area contributed by atoms with Crippen LogP contribution in [-0.4, -0.2) is 26.1 Å². The fourth-order valence-corrected chi connectivity index (χ4v) is 3.70. The van der Waals surface area contributed by atoms with E-state index in [-0.39, 0.29) is 11.8 Å². The number of thiophene rings is 1. The van der Waals surface area contributed by atoms with Crippen LogP contribution in [0, 0.1) is 0 Å². The Morgan fingerprint density at radius 2 is 2.24 bits per heavy atom. The molecule has 1 aromatic heterocycles. The molecule has 1 aromatic rings. The van der Waals surface area contributed by atoms with Gasteiger partial charge in [0.2, 0.25) is 5.91 Å². The number of amides is 1. The summed E-state index contributed by atoms with van der Waals surface area (Å²) in [5.74, 6) is -0.913. The van der Waals surface area contributed by atoms with Crippen molar-refractivity contribution in [1.29, 1.82) is 0 Å². The summed E-state index contributed by atoms with van der Waals surface area (Å²) in [6.45, 7) is 3.79. The van der Waals surface area contributed by atoms with E-state index in [1.54, 1.807) is 12.1 Å². The van der Waals surface area contributed by atoms with Gasteiger partial charge in [0.1, 0.15) is 5.75 Å². The molecule has 0 aliphatic heterocycles. The third-order valence-electron chi connectivity index (χ3n) is 2.31. The van der Waals surface area contributed by atoms with Crippen molar-refractivity contribution in [2.24, 2.45) is 0 Å². The fraction of sp³-hybridized carbons (Fsp3) is 0.545. The van der Waals surface area contributed by atoms with Gasteiger partial charge >= 0.3 is 0 Å². The summed E-state index contributed by atoms with van der Waals surface area (Å²) < 4.78 is 23.4. The van der Waals surface area contributed by atoms with Crippen molar-refractivity contribution in [2.75, 3.05) is 5.75 Å². The lowest BCUT2D eigenvalue weighted by molar-refractivity contribution is -0.119. The van der Waals surface area contributed by atoms with E-state index in [1.807, 2.05) is 19.2 Å². The van der Waals surface area contributed by atoms with E-state index in [9.17, 15) is 13.2 Å². The average molecular weight is 275 g/mol. The number of hydrogen-bond acceptors (Lipinski definition) is 4. The molecule has 1 N–H and O–H groups in total. The van der Waals surface area contributed by atoms with E-state index in [0.717, 1.165) is 11.3 Å². The minimum Gasteiger partial charge on any atom is -0.353 e. The van der Waals surface area contributed by atoms with Crippen molar-refractivity contribution >= 4 is 27.1 Å². The number of nitrogens with one attached hydrogen (secondary N) is 1. The number of sulfone groups is 1. The molecule has 96 valence electrons. The maximum Gasteiger partial charge on any atom is 0.235 e. The molecular formula is C11H17NO3S2. The number of rotatable bonds is 6. The topological polar surface area (TPSA) is 63.2 Å². The van der Waals surface area contributed by atoms with E-state index in [2.05, 4.69) is 5.32 Å². The highest BCUT2D eigenvalue weighted by atomic mass is 32.2. The zero-order valence-corrected chi connectivity index (χ0v) is 11.6. The van der Waals surface area contributed by atoms with Gasteiger partial charge in [0.15, 0.2) is 9.84 Å². The molecule has 0 spiro atoms. The van der Waals surface area contributed by atoms with Crippen LogP contribution in [0.1, 0.15) is 25.1 Å². The summed E-state index contributed by atoms with van der Waals surface area (Å²) in [6, 6.07) is 3.57. The lowest BCUT2D eigenvalue weighted by atomic mass is 10.3. The number of carbonyl (C=O) groups is 1. The third kappa shape index (κ3) is 5.32. The number of hydrogen-bond donors (Lipinski definition) is 1. The first-order chi connectivity index (χ1) is 7.93. The van der Waals surface area contributed by atoms with Crippen LogP contribution in [0.4, 0.5) is 0 Å². The van der Waals surface area contributed by atoms with Gasteiger partial charge in [0, 0.05) is 10.9 Å². The molecule has 1 rings (SSSR count). The Bertz CT molecular complexity index is 451. The molecule has 6 heteroatoms. The van der Waals surface area contributed by atoms with Gasteiger partial charge in [-0.05, 0) is 24.8 Å². The molecule has 1 atom stereocenters. The molecular weight excluding hydrogens is 258 g/mol. The van der Waals surface area contributed by atoms with Crippen molar-refractivity contribution in [3.63, 3.8) is 0 Å². The van der Waals surface area contributed by atoms with E-state index < -0.39 is 21.5 Å². The molecule has 17 heavy (non-hydrogen) atoms. The van der Waals surface area contributed by atoms with Crippen LogP contribution in [0.3, 0.4) is 0 Å². The molecule has 0 aromatic carbocycles. The van der Waals surface area contributed by atoms with Crippen molar-refractivity contribution < 1.29 is 13.2 Å². The van der Waals surface area contributed by atoms with Gasteiger partial charge < -0.3 is 5.32 Å². The quantitative estimate of drug-likeness (QED) is 0.857. The maximum absolute atomic E-state index is 11.7. The predicted octanol–water partition coefficient (Wildman–Crippen LogP) is 1.58. The van der Waals surface area contributed by atoms with Crippen LogP contribution in [0.2, 0.25) is 0 Å². The second-order valence-corrected chi connectivity index (χ2v) is 7.09. The average Bonchev–Trinajstić information content (AvgIpc) is 2.67. The largest absolute Gasteiger partial charge is 0.353 e. The first-order valence-electron chi connectivity index (χ1n) is 5.45. The minimum atomic E-state index is -3.36. The zero-order valence-electron chi connectivity index (χ0n) is 9.97. The summed E-state index contributed by atoms with van der Waals surface area (Å²) in [4.78, 5) is 12.2. The van der Waals surface area contributed by atoms with Crippen molar-refractivity contribution in [3.05, 3.63) is 22.4 Å². The lowest BCUT2D eigenvalue weighted by Gasteiger charge is -2.11. The van der Waals surface area contributed by atoms with E-state index in [4.69, 9.17) is 0 Å². The molecule has 4 nitrogen and oxygen atoms in total. The third-order valence-corrected chi connectivity index (χ3v) is 4.83. The lowest BCUT2D eigenvalue weighted by Crippen LogP contribution is -2.36. The molecule has 1 amide bonds. The maximum atomic E-state index is 11.7. The summed E-state index contributed by atoms with van der Waals surface area (Å²) in [5.41, 5.74) is 0. The number of carbonyl (C=O) groups excluding carboxylic acids is 1. The second kappa shape index (κ2) is 6.16. The Balaban J connectivity index is 2.52. The van der Waals surface area contributed by atoms with Crippen LogP contribution in [0.25, 0.3) is 0 Å².